The van der Waals surface area contributed by atoms with Crippen molar-refractivity contribution >= 4 is 35.8 Å². The maximum Gasteiger partial charge on any atom is 0.257 e. The van der Waals surface area contributed by atoms with Gasteiger partial charge in [0, 0.05) is 26.7 Å². The van der Waals surface area contributed by atoms with E-state index in [1.54, 1.807) is 25.3 Å². The van der Waals surface area contributed by atoms with Gasteiger partial charge in [0.2, 0.25) is 0 Å². The van der Waals surface area contributed by atoms with Crippen molar-refractivity contribution in [1.29, 1.82) is 0 Å². The predicted octanol–water partition coefficient (Wildman–Crippen LogP) is 3.56. The number of guanidine groups is 1. The van der Waals surface area contributed by atoms with Crippen LogP contribution in [0.5, 0.6) is 11.5 Å². The van der Waals surface area contributed by atoms with Crippen LogP contribution < -0.4 is 20.1 Å². The van der Waals surface area contributed by atoms with Crippen LogP contribution in [0.4, 0.5) is 4.39 Å². The van der Waals surface area contributed by atoms with Gasteiger partial charge in [0.1, 0.15) is 5.82 Å². The molecule has 0 radical (unpaired) electrons. The number of hydrogen-bond acceptors (Lipinski definition) is 4. The van der Waals surface area contributed by atoms with Crippen LogP contribution in [-0.4, -0.2) is 50.6 Å². The van der Waals surface area contributed by atoms with E-state index < -0.39 is 0 Å². The molecule has 0 unspecified atom stereocenters. The molecule has 0 aliphatic carbocycles. The fraction of sp³-hybridized carbons (Fsp3) is 0.391. The van der Waals surface area contributed by atoms with Crippen LogP contribution in [0.2, 0.25) is 0 Å². The highest BCUT2D eigenvalue weighted by atomic mass is 127. The van der Waals surface area contributed by atoms with Crippen molar-refractivity contribution in [2.75, 3.05) is 33.9 Å². The van der Waals surface area contributed by atoms with Gasteiger partial charge in [-0.1, -0.05) is 18.2 Å². The topological polar surface area (TPSA) is 75.2 Å². The van der Waals surface area contributed by atoms with Crippen molar-refractivity contribution in [3.63, 3.8) is 0 Å². The molecule has 32 heavy (non-hydrogen) atoms. The fourth-order valence-electron chi connectivity index (χ4n) is 2.90. The molecule has 0 spiro atoms. The zero-order chi connectivity index (χ0) is 22.6. The van der Waals surface area contributed by atoms with Crippen molar-refractivity contribution < 1.29 is 18.7 Å². The third kappa shape index (κ3) is 8.89. The van der Waals surface area contributed by atoms with E-state index in [0.717, 1.165) is 23.6 Å². The molecule has 0 fully saturated rings. The second kappa shape index (κ2) is 14.5. The highest BCUT2D eigenvalue weighted by molar-refractivity contribution is 14.0. The lowest BCUT2D eigenvalue weighted by molar-refractivity contribution is -0.123. The largest absolute Gasteiger partial charge is 0.493 e. The molecule has 9 heteroatoms. The van der Waals surface area contributed by atoms with E-state index in [4.69, 9.17) is 14.5 Å². The Hall–Kier alpha value is -2.56. The van der Waals surface area contributed by atoms with Gasteiger partial charge in [-0.15, -0.1) is 24.0 Å². The standard InChI is InChI=1S/C23H31FN4O3.HI/c1-5-25-22(29)16-31-20-12-9-18(13-21(20)30-4)14-27-23(26-6-2)28(3)15-17-7-10-19(24)11-8-17;/h7-13H,5-6,14-16H2,1-4H3,(H,25,29)(H,26,27);1H. The first-order valence-electron chi connectivity index (χ1n) is 10.3. The molecule has 2 rings (SSSR count). The molecule has 0 atom stereocenters. The summed E-state index contributed by atoms with van der Waals surface area (Å²) in [6.45, 7) is 6.10. The van der Waals surface area contributed by atoms with Crippen LogP contribution in [-0.2, 0) is 17.9 Å². The summed E-state index contributed by atoms with van der Waals surface area (Å²) < 4.78 is 24.1. The lowest BCUT2D eigenvalue weighted by Gasteiger charge is -2.22. The molecule has 7 nitrogen and oxygen atoms in total. The lowest BCUT2D eigenvalue weighted by atomic mass is 10.2. The number of nitrogens with one attached hydrogen (secondary N) is 2. The summed E-state index contributed by atoms with van der Waals surface area (Å²) in [7, 11) is 3.49. The highest BCUT2D eigenvalue weighted by Gasteiger charge is 2.10. The van der Waals surface area contributed by atoms with E-state index in [9.17, 15) is 9.18 Å². The molecule has 1 amide bonds. The number of halogens is 2. The van der Waals surface area contributed by atoms with Crippen LogP contribution in [0, 0.1) is 5.82 Å². The average Bonchev–Trinajstić information content (AvgIpc) is 2.77. The molecule has 2 N–H and O–H groups in total. The zero-order valence-electron chi connectivity index (χ0n) is 19.0. The summed E-state index contributed by atoms with van der Waals surface area (Å²) in [5.41, 5.74) is 1.93. The number of aliphatic imine (C=N–C) groups is 1. The average molecular weight is 558 g/mol. The fourth-order valence-corrected chi connectivity index (χ4v) is 2.90. The number of rotatable bonds is 10. The van der Waals surface area contributed by atoms with Gasteiger partial charge < -0.3 is 25.0 Å². The van der Waals surface area contributed by atoms with Gasteiger partial charge in [0.15, 0.2) is 24.1 Å². The van der Waals surface area contributed by atoms with Gasteiger partial charge in [-0.25, -0.2) is 9.38 Å². The van der Waals surface area contributed by atoms with Gasteiger partial charge >= 0.3 is 0 Å². The molecule has 176 valence electrons. The molecule has 0 bridgehead atoms. The normalized spacial score (nSPS) is 10.7. The Morgan fingerprint density at radius 2 is 1.69 bits per heavy atom. The van der Waals surface area contributed by atoms with Crippen molar-refractivity contribution in [2.24, 2.45) is 4.99 Å². The number of benzene rings is 2. The number of ether oxygens (including phenoxy) is 2. The van der Waals surface area contributed by atoms with Crippen molar-refractivity contribution in [3.05, 3.63) is 59.4 Å². The van der Waals surface area contributed by atoms with Crippen LogP contribution >= 0.6 is 24.0 Å². The van der Waals surface area contributed by atoms with Gasteiger partial charge in [-0.3, -0.25) is 4.79 Å². The minimum atomic E-state index is -0.251. The van der Waals surface area contributed by atoms with E-state index in [2.05, 4.69) is 10.6 Å². The molecule has 0 saturated heterocycles. The Bertz CT molecular complexity index is 878. The molecule has 2 aromatic carbocycles. The van der Waals surface area contributed by atoms with Crippen molar-refractivity contribution in [3.8, 4) is 11.5 Å². The smallest absolute Gasteiger partial charge is 0.257 e. The summed E-state index contributed by atoms with van der Waals surface area (Å²) in [4.78, 5) is 18.3. The quantitative estimate of drug-likeness (QED) is 0.265. The van der Waals surface area contributed by atoms with Crippen molar-refractivity contribution in [2.45, 2.75) is 26.9 Å². The first kappa shape index (κ1) is 27.5. The Kier molecular flexibility index (Phi) is 12.4. The Labute approximate surface area is 206 Å². The summed E-state index contributed by atoms with van der Waals surface area (Å²) in [6, 6.07) is 11.9. The molecule has 0 saturated carbocycles. The Morgan fingerprint density at radius 3 is 2.31 bits per heavy atom. The number of amides is 1. The molecule has 0 aliphatic rings. The molecule has 0 heterocycles. The second-order valence-corrected chi connectivity index (χ2v) is 6.88. The summed E-state index contributed by atoms with van der Waals surface area (Å²) in [5.74, 6) is 1.35. The van der Waals surface area contributed by atoms with Crippen LogP contribution in [0.25, 0.3) is 0 Å². The van der Waals surface area contributed by atoms with E-state index in [1.165, 1.54) is 12.1 Å². The third-order valence-electron chi connectivity index (χ3n) is 4.40. The number of likely N-dealkylation sites (N-methyl/N-ethyl adjacent to an activating group) is 1. The van der Waals surface area contributed by atoms with Gasteiger partial charge in [-0.05, 0) is 49.2 Å². The highest BCUT2D eigenvalue weighted by Crippen LogP contribution is 2.28. The van der Waals surface area contributed by atoms with E-state index in [1.807, 2.05) is 37.9 Å². The summed E-state index contributed by atoms with van der Waals surface area (Å²) in [6.07, 6.45) is 0. The molecular formula is C23H32FIN4O3. The second-order valence-electron chi connectivity index (χ2n) is 6.88. The maximum atomic E-state index is 13.1. The first-order chi connectivity index (χ1) is 15.0. The van der Waals surface area contributed by atoms with E-state index in [-0.39, 0.29) is 42.3 Å². The van der Waals surface area contributed by atoms with Gasteiger partial charge in [0.25, 0.3) is 5.91 Å². The summed E-state index contributed by atoms with van der Waals surface area (Å²) >= 11 is 0. The van der Waals surface area contributed by atoms with Crippen LogP contribution in [0.1, 0.15) is 25.0 Å². The molecule has 0 aliphatic heterocycles. The van der Waals surface area contributed by atoms with E-state index >= 15 is 0 Å². The number of carbonyl (C=O) groups excluding carboxylic acids is 1. The number of nitrogens with zero attached hydrogens (tertiary/aromatic N) is 2. The monoisotopic (exact) mass is 558 g/mol. The molecule has 0 aromatic heterocycles. The summed E-state index contributed by atoms with van der Waals surface area (Å²) in [5, 5.41) is 5.96. The SMILES string of the molecule is CCNC(=O)COc1ccc(CN=C(NCC)N(C)Cc2ccc(F)cc2)cc1OC.I. The predicted molar refractivity (Wildman–Crippen MR) is 135 cm³/mol. The van der Waals surface area contributed by atoms with Gasteiger partial charge in [-0.2, -0.15) is 0 Å². The number of hydrogen-bond donors (Lipinski definition) is 2. The first-order valence-corrected chi connectivity index (χ1v) is 10.3. The lowest BCUT2D eigenvalue weighted by Crippen LogP contribution is -2.38. The van der Waals surface area contributed by atoms with Crippen LogP contribution in [0.15, 0.2) is 47.5 Å². The molecular weight excluding hydrogens is 526 g/mol. The zero-order valence-corrected chi connectivity index (χ0v) is 21.3. The van der Waals surface area contributed by atoms with E-state index in [0.29, 0.717) is 31.1 Å². The molecule has 2 aromatic rings. The number of carbonyl (C=O) groups is 1. The maximum absolute atomic E-state index is 13.1. The number of methoxy groups -OCH3 is 1. The Morgan fingerprint density at radius 1 is 1.03 bits per heavy atom. The van der Waals surface area contributed by atoms with Gasteiger partial charge in [0.05, 0.1) is 13.7 Å². The minimum absolute atomic E-state index is 0. The van der Waals surface area contributed by atoms with Crippen molar-refractivity contribution in [1.82, 2.24) is 15.5 Å². The Balaban J connectivity index is 0.00000512. The third-order valence-corrected chi connectivity index (χ3v) is 4.40. The minimum Gasteiger partial charge on any atom is -0.493 e. The van der Waals surface area contributed by atoms with Crippen LogP contribution in [0.3, 0.4) is 0 Å².